The van der Waals surface area contributed by atoms with Gasteiger partial charge in [-0.15, -0.1) is 0 Å². The molecule has 1 atom stereocenters. The SMILES string of the molecule is CCCc1ccc(C(C)Nc2cnn(C)c2)cc1. The molecule has 1 heterocycles. The van der Waals surface area contributed by atoms with Gasteiger partial charge in [0.05, 0.1) is 11.9 Å². The van der Waals surface area contributed by atoms with Crippen LogP contribution in [-0.2, 0) is 13.5 Å². The van der Waals surface area contributed by atoms with Gasteiger partial charge in [-0.1, -0.05) is 37.6 Å². The minimum Gasteiger partial charge on any atom is -0.376 e. The van der Waals surface area contributed by atoms with E-state index >= 15 is 0 Å². The first-order valence-corrected chi connectivity index (χ1v) is 6.53. The van der Waals surface area contributed by atoms with Crippen LogP contribution in [0.25, 0.3) is 0 Å². The third kappa shape index (κ3) is 3.13. The summed E-state index contributed by atoms with van der Waals surface area (Å²) in [6.45, 7) is 4.38. The summed E-state index contributed by atoms with van der Waals surface area (Å²) in [4.78, 5) is 0. The Balaban J connectivity index is 2.02. The average molecular weight is 243 g/mol. The lowest BCUT2D eigenvalue weighted by Gasteiger charge is -2.14. The van der Waals surface area contributed by atoms with Gasteiger partial charge in [0, 0.05) is 19.3 Å². The van der Waals surface area contributed by atoms with Gasteiger partial charge in [0.15, 0.2) is 0 Å². The number of hydrogen-bond acceptors (Lipinski definition) is 2. The number of nitrogens with one attached hydrogen (secondary N) is 1. The smallest absolute Gasteiger partial charge is 0.0731 e. The normalized spacial score (nSPS) is 12.4. The van der Waals surface area contributed by atoms with E-state index in [4.69, 9.17) is 0 Å². The molecule has 0 aliphatic heterocycles. The maximum Gasteiger partial charge on any atom is 0.0731 e. The molecule has 1 unspecified atom stereocenters. The fraction of sp³-hybridized carbons (Fsp3) is 0.400. The number of aryl methyl sites for hydroxylation is 2. The average Bonchev–Trinajstić information content (AvgIpc) is 2.76. The van der Waals surface area contributed by atoms with Gasteiger partial charge in [-0.2, -0.15) is 5.10 Å². The molecule has 3 nitrogen and oxygen atoms in total. The van der Waals surface area contributed by atoms with Crippen LogP contribution in [0.15, 0.2) is 36.7 Å². The second kappa shape index (κ2) is 5.71. The van der Waals surface area contributed by atoms with Crippen molar-refractivity contribution in [3.8, 4) is 0 Å². The molecule has 0 aliphatic carbocycles. The summed E-state index contributed by atoms with van der Waals surface area (Å²) < 4.78 is 1.80. The fourth-order valence-electron chi connectivity index (χ4n) is 2.09. The minimum atomic E-state index is 0.296. The van der Waals surface area contributed by atoms with Crippen molar-refractivity contribution >= 4 is 5.69 Å². The molecule has 1 aromatic heterocycles. The van der Waals surface area contributed by atoms with Crippen molar-refractivity contribution in [3.63, 3.8) is 0 Å². The quantitative estimate of drug-likeness (QED) is 0.870. The first-order valence-electron chi connectivity index (χ1n) is 6.53. The van der Waals surface area contributed by atoms with Crippen LogP contribution in [0.3, 0.4) is 0 Å². The fourth-order valence-corrected chi connectivity index (χ4v) is 2.09. The first kappa shape index (κ1) is 12.7. The zero-order valence-corrected chi connectivity index (χ0v) is 11.4. The van der Waals surface area contributed by atoms with E-state index in [1.807, 2.05) is 19.4 Å². The van der Waals surface area contributed by atoms with Crippen molar-refractivity contribution in [3.05, 3.63) is 47.8 Å². The third-order valence-electron chi connectivity index (χ3n) is 3.11. The van der Waals surface area contributed by atoms with E-state index in [-0.39, 0.29) is 0 Å². The Morgan fingerprint density at radius 2 is 2.00 bits per heavy atom. The lowest BCUT2D eigenvalue weighted by molar-refractivity contribution is 0.767. The summed E-state index contributed by atoms with van der Waals surface area (Å²) in [5.41, 5.74) is 3.77. The molecule has 0 saturated carbocycles. The summed E-state index contributed by atoms with van der Waals surface area (Å²) in [7, 11) is 1.93. The number of rotatable bonds is 5. The third-order valence-corrected chi connectivity index (χ3v) is 3.11. The highest BCUT2D eigenvalue weighted by atomic mass is 15.3. The molecular formula is C15H21N3. The van der Waals surface area contributed by atoms with E-state index < -0.39 is 0 Å². The predicted octanol–water partition coefficient (Wildman–Crippen LogP) is 3.55. The Kier molecular flexibility index (Phi) is 4.03. The summed E-state index contributed by atoms with van der Waals surface area (Å²) in [6.07, 6.45) is 6.19. The molecule has 1 N–H and O–H groups in total. The lowest BCUT2D eigenvalue weighted by atomic mass is 10.0. The van der Waals surface area contributed by atoms with Crippen LogP contribution in [0.1, 0.15) is 37.4 Å². The van der Waals surface area contributed by atoms with Gasteiger partial charge in [0.2, 0.25) is 0 Å². The van der Waals surface area contributed by atoms with Crippen molar-refractivity contribution in [2.45, 2.75) is 32.7 Å². The molecular weight excluding hydrogens is 222 g/mol. The van der Waals surface area contributed by atoms with Gasteiger partial charge in [-0.05, 0) is 24.5 Å². The van der Waals surface area contributed by atoms with Gasteiger partial charge >= 0.3 is 0 Å². The Morgan fingerprint density at radius 1 is 1.28 bits per heavy atom. The monoisotopic (exact) mass is 243 g/mol. The van der Waals surface area contributed by atoms with Crippen molar-refractivity contribution in [1.82, 2.24) is 9.78 Å². The van der Waals surface area contributed by atoms with Crippen molar-refractivity contribution in [2.24, 2.45) is 7.05 Å². The highest BCUT2D eigenvalue weighted by Gasteiger charge is 2.06. The topological polar surface area (TPSA) is 29.9 Å². The molecule has 2 rings (SSSR count). The predicted molar refractivity (Wildman–Crippen MR) is 75.7 cm³/mol. The van der Waals surface area contributed by atoms with Gasteiger partial charge in [-0.25, -0.2) is 0 Å². The van der Waals surface area contributed by atoms with E-state index in [1.165, 1.54) is 17.5 Å². The number of benzene rings is 1. The zero-order valence-electron chi connectivity index (χ0n) is 11.4. The molecule has 2 aromatic rings. The van der Waals surface area contributed by atoms with Crippen molar-refractivity contribution in [1.29, 1.82) is 0 Å². The summed E-state index contributed by atoms with van der Waals surface area (Å²) in [5.74, 6) is 0. The first-order chi connectivity index (χ1) is 8.69. The van der Waals surface area contributed by atoms with Crippen LogP contribution in [0.2, 0.25) is 0 Å². The maximum atomic E-state index is 4.16. The minimum absolute atomic E-state index is 0.296. The standard InChI is InChI=1S/C15H21N3/c1-4-5-13-6-8-14(9-7-13)12(2)17-15-10-16-18(3)11-15/h6-12,17H,4-5H2,1-3H3. The molecule has 96 valence electrons. The lowest BCUT2D eigenvalue weighted by Crippen LogP contribution is -2.06. The summed E-state index contributed by atoms with van der Waals surface area (Å²) in [6, 6.07) is 9.16. The number of anilines is 1. The molecule has 18 heavy (non-hydrogen) atoms. The Hall–Kier alpha value is -1.77. The molecule has 0 radical (unpaired) electrons. The molecule has 1 aromatic carbocycles. The number of aromatic nitrogens is 2. The van der Waals surface area contributed by atoms with Crippen LogP contribution in [0.4, 0.5) is 5.69 Å². The van der Waals surface area contributed by atoms with E-state index in [0.717, 1.165) is 12.1 Å². The Morgan fingerprint density at radius 3 is 2.56 bits per heavy atom. The maximum absolute atomic E-state index is 4.16. The summed E-state index contributed by atoms with van der Waals surface area (Å²) >= 11 is 0. The second-order valence-electron chi connectivity index (χ2n) is 4.76. The van der Waals surface area contributed by atoms with Crippen LogP contribution in [0.5, 0.6) is 0 Å². The van der Waals surface area contributed by atoms with Crippen molar-refractivity contribution < 1.29 is 0 Å². The van der Waals surface area contributed by atoms with Gasteiger partial charge in [0.1, 0.15) is 0 Å². The van der Waals surface area contributed by atoms with Gasteiger partial charge in [0.25, 0.3) is 0 Å². The highest BCUT2D eigenvalue weighted by molar-refractivity contribution is 5.41. The van der Waals surface area contributed by atoms with Crippen LogP contribution >= 0.6 is 0 Å². The largest absolute Gasteiger partial charge is 0.376 e. The number of nitrogens with zero attached hydrogens (tertiary/aromatic N) is 2. The molecule has 3 heteroatoms. The van der Waals surface area contributed by atoms with Crippen LogP contribution in [-0.4, -0.2) is 9.78 Å². The van der Waals surface area contributed by atoms with Gasteiger partial charge in [-0.3, -0.25) is 4.68 Å². The van der Waals surface area contributed by atoms with E-state index in [1.54, 1.807) is 4.68 Å². The molecule has 0 bridgehead atoms. The van der Waals surface area contributed by atoms with Gasteiger partial charge < -0.3 is 5.32 Å². The number of hydrogen-bond donors (Lipinski definition) is 1. The molecule has 0 spiro atoms. The van der Waals surface area contributed by atoms with Crippen LogP contribution in [0, 0.1) is 0 Å². The molecule has 0 fully saturated rings. The van der Waals surface area contributed by atoms with Crippen LogP contribution < -0.4 is 5.32 Å². The van der Waals surface area contributed by atoms with E-state index in [0.29, 0.717) is 6.04 Å². The highest BCUT2D eigenvalue weighted by Crippen LogP contribution is 2.19. The van der Waals surface area contributed by atoms with Crippen molar-refractivity contribution in [2.75, 3.05) is 5.32 Å². The molecule has 0 saturated heterocycles. The Bertz CT molecular complexity index is 485. The Labute approximate surface area is 109 Å². The molecule has 0 aliphatic rings. The van der Waals surface area contributed by atoms with E-state index in [2.05, 4.69) is 48.5 Å². The second-order valence-corrected chi connectivity index (χ2v) is 4.76. The zero-order chi connectivity index (χ0) is 13.0. The van der Waals surface area contributed by atoms with E-state index in [9.17, 15) is 0 Å². The molecule has 0 amide bonds. The summed E-state index contributed by atoms with van der Waals surface area (Å²) in [5, 5.41) is 7.60.